The highest BCUT2D eigenvalue weighted by molar-refractivity contribution is 6.99. The minimum absolute atomic E-state index is 0.104. The number of H-pyrrole nitrogens is 1. The molecule has 3 aliphatic heterocycles. The molecule has 0 bridgehead atoms. The number of hydrogen-bond donors (Lipinski definition) is 1. The van der Waals surface area contributed by atoms with Gasteiger partial charge in [-0.1, -0.05) is 81.4 Å². The highest BCUT2D eigenvalue weighted by atomic mass is 28.4. The molecule has 0 amide bonds. The second-order valence-electron chi connectivity index (χ2n) is 14.4. The van der Waals surface area contributed by atoms with Crippen LogP contribution < -0.4 is 21.6 Å². The number of hydroxylamine groups is 2. The van der Waals surface area contributed by atoms with Gasteiger partial charge in [-0.25, -0.2) is 4.79 Å². The van der Waals surface area contributed by atoms with Gasteiger partial charge >= 0.3 is 11.7 Å². The number of ether oxygens (including phenoxy) is 4. The Morgan fingerprint density at radius 2 is 1.61 bits per heavy atom. The number of rotatable bonds is 10. The number of nitrogens with zero attached hydrogens (tertiary/aromatic N) is 2. The molecule has 6 atom stereocenters. The highest BCUT2D eigenvalue weighted by Crippen LogP contribution is 2.44. The third kappa shape index (κ3) is 6.85. The van der Waals surface area contributed by atoms with Gasteiger partial charge < -0.3 is 23.4 Å². The lowest BCUT2D eigenvalue weighted by Gasteiger charge is -2.43. The zero-order chi connectivity index (χ0) is 35.1. The molecule has 3 saturated heterocycles. The molecule has 0 aliphatic carbocycles. The normalized spacial score (nSPS) is 26.9. The predicted molar refractivity (Wildman–Crippen MR) is 184 cm³/mol. The second kappa shape index (κ2) is 13.7. The van der Waals surface area contributed by atoms with Gasteiger partial charge in [-0.2, -0.15) is 0 Å². The maximum atomic E-state index is 13.4. The van der Waals surface area contributed by atoms with Gasteiger partial charge in [-0.05, 0) is 43.1 Å². The fraction of sp³-hybridized carbons (Fsp3) is 0.528. The van der Waals surface area contributed by atoms with E-state index in [2.05, 4.69) is 50.0 Å². The van der Waals surface area contributed by atoms with Crippen LogP contribution in [-0.4, -0.2) is 84.6 Å². The van der Waals surface area contributed by atoms with Crippen molar-refractivity contribution in [3.8, 4) is 0 Å². The molecule has 13 heteroatoms. The van der Waals surface area contributed by atoms with E-state index in [1.165, 1.54) is 15.8 Å². The van der Waals surface area contributed by atoms with Crippen molar-refractivity contribution in [1.29, 1.82) is 0 Å². The van der Waals surface area contributed by atoms with Gasteiger partial charge in [0.15, 0.2) is 12.0 Å². The van der Waals surface area contributed by atoms with E-state index in [0.29, 0.717) is 5.56 Å². The van der Waals surface area contributed by atoms with Crippen LogP contribution in [0.1, 0.15) is 53.5 Å². The number of carbonyl (C=O) groups is 1. The number of aromatic amines is 1. The molecule has 264 valence electrons. The summed E-state index contributed by atoms with van der Waals surface area (Å²) in [5, 5.41) is 3.55. The fourth-order valence-electron chi connectivity index (χ4n) is 7.37. The van der Waals surface area contributed by atoms with Crippen LogP contribution in [0, 0.1) is 6.92 Å². The first-order valence-electron chi connectivity index (χ1n) is 16.9. The van der Waals surface area contributed by atoms with Crippen molar-refractivity contribution in [2.75, 3.05) is 13.2 Å². The molecule has 6 rings (SSSR count). The number of aryl methyl sites for hydroxylation is 1. The molecule has 49 heavy (non-hydrogen) atoms. The minimum Gasteiger partial charge on any atom is -0.465 e. The van der Waals surface area contributed by atoms with Gasteiger partial charge in [0.1, 0.15) is 24.4 Å². The Balaban J connectivity index is 1.31. The van der Waals surface area contributed by atoms with Crippen molar-refractivity contribution < 1.29 is 33.0 Å². The lowest BCUT2D eigenvalue weighted by molar-refractivity contribution is -0.286. The lowest BCUT2D eigenvalue weighted by Crippen LogP contribution is -2.67. The summed E-state index contributed by atoms with van der Waals surface area (Å²) in [4.78, 5) is 46.7. The topological polar surface area (TPSA) is 131 Å². The number of nitrogens with one attached hydrogen (secondary N) is 1. The molecule has 1 aromatic heterocycles. The summed E-state index contributed by atoms with van der Waals surface area (Å²) in [5.41, 5.74) is -0.615. The van der Waals surface area contributed by atoms with Crippen LogP contribution >= 0.6 is 0 Å². The van der Waals surface area contributed by atoms with E-state index in [1.807, 2.05) is 50.2 Å². The molecule has 3 fully saturated rings. The van der Waals surface area contributed by atoms with Gasteiger partial charge in [-0.15, -0.1) is 5.06 Å². The van der Waals surface area contributed by atoms with E-state index in [0.717, 1.165) is 10.4 Å². The first kappa shape index (κ1) is 35.4. The first-order valence-corrected chi connectivity index (χ1v) is 18.8. The van der Waals surface area contributed by atoms with Crippen LogP contribution in [0.15, 0.2) is 76.4 Å². The van der Waals surface area contributed by atoms with Crippen LogP contribution in [-0.2, 0) is 39.6 Å². The largest absolute Gasteiger partial charge is 0.465 e. The Morgan fingerprint density at radius 3 is 2.20 bits per heavy atom. The lowest BCUT2D eigenvalue weighted by atomic mass is 10.1. The summed E-state index contributed by atoms with van der Waals surface area (Å²) in [6.07, 6.45) is -1.41. The molecule has 0 saturated carbocycles. The third-order valence-corrected chi connectivity index (χ3v) is 14.5. The zero-order valence-corrected chi connectivity index (χ0v) is 30.2. The number of fused-ring (bicyclic) bond motifs is 1. The van der Waals surface area contributed by atoms with E-state index in [-0.39, 0.29) is 31.2 Å². The molecule has 12 nitrogen and oxygen atoms in total. The average Bonchev–Trinajstić information content (AvgIpc) is 3.71. The number of esters is 1. The van der Waals surface area contributed by atoms with Crippen LogP contribution in [0.25, 0.3) is 0 Å². The van der Waals surface area contributed by atoms with Crippen LogP contribution in [0.4, 0.5) is 0 Å². The van der Waals surface area contributed by atoms with Crippen molar-refractivity contribution in [2.24, 2.45) is 0 Å². The summed E-state index contributed by atoms with van der Waals surface area (Å²) in [7, 11) is -2.91. The van der Waals surface area contributed by atoms with Crippen molar-refractivity contribution in [3.63, 3.8) is 0 Å². The SMILES string of the molecule is CCOC(=O)[C@@H]1C[C@@H](Cn2cc(C)c(=O)[nH]c2=O)ON1[C@@H]1O[C@H](CO[Si](c2ccccc2)(c2ccccc2)C(C)(C)C)[C@H]2OC(C)(C)O[C@H]21. The molecule has 3 aliphatic rings. The summed E-state index contributed by atoms with van der Waals surface area (Å²) < 4.78 is 33.7. The summed E-state index contributed by atoms with van der Waals surface area (Å²) in [5.74, 6) is -1.40. The van der Waals surface area contributed by atoms with Crippen molar-refractivity contribution >= 4 is 24.7 Å². The Labute approximate surface area is 287 Å². The van der Waals surface area contributed by atoms with Gasteiger partial charge in [-0.3, -0.25) is 24.0 Å². The molecule has 3 aromatic rings. The second-order valence-corrected chi connectivity index (χ2v) is 18.7. The maximum absolute atomic E-state index is 13.4. The van der Waals surface area contributed by atoms with Gasteiger partial charge in [0.05, 0.1) is 25.9 Å². The zero-order valence-electron chi connectivity index (χ0n) is 29.2. The predicted octanol–water partition coefficient (Wildman–Crippen LogP) is 2.60. The molecule has 0 radical (unpaired) electrons. The van der Waals surface area contributed by atoms with Gasteiger partial charge in [0.2, 0.25) is 0 Å². The Morgan fingerprint density at radius 1 is 1.00 bits per heavy atom. The van der Waals surface area contributed by atoms with Gasteiger partial charge in [0, 0.05) is 18.2 Å². The Hall–Kier alpha value is -3.43. The molecular weight excluding hydrogens is 646 g/mol. The third-order valence-electron chi connectivity index (χ3n) is 9.47. The first-order chi connectivity index (χ1) is 23.2. The van der Waals surface area contributed by atoms with Crippen LogP contribution in [0.3, 0.4) is 0 Å². The Kier molecular flexibility index (Phi) is 9.90. The average molecular weight is 694 g/mol. The number of carbonyl (C=O) groups excluding carboxylic acids is 1. The smallest absolute Gasteiger partial charge is 0.328 e. The van der Waals surface area contributed by atoms with Crippen LogP contribution in [0.2, 0.25) is 5.04 Å². The van der Waals surface area contributed by atoms with Crippen molar-refractivity contribution in [3.05, 3.63) is 93.3 Å². The van der Waals surface area contributed by atoms with Crippen molar-refractivity contribution in [1.82, 2.24) is 14.6 Å². The molecule has 0 unspecified atom stereocenters. The molecule has 1 N–H and O–H groups in total. The van der Waals surface area contributed by atoms with Crippen molar-refractivity contribution in [2.45, 2.75) is 109 Å². The van der Waals surface area contributed by atoms with E-state index in [1.54, 1.807) is 13.8 Å². The number of benzene rings is 2. The molecule has 0 spiro atoms. The van der Waals surface area contributed by atoms with E-state index < -0.39 is 68.0 Å². The summed E-state index contributed by atoms with van der Waals surface area (Å²) in [6.45, 7) is 14.2. The summed E-state index contributed by atoms with van der Waals surface area (Å²) in [6, 6.07) is 19.9. The molecule has 2 aromatic carbocycles. The highest BCUT2D eigenvalue weighted by Gasteiger charge is 2.61. The number of hydrogen-bond acceptors (Lipinski definition) is 10. The quantitative estimate of drug-likeness (QED) is 0.250. The monoisotopic (exact) mass is 693 g/mol. The Bertz CT molecular complexity index is 1700. The standard InChI is InChI=1S/C36H47N3O9Si/c1-8-43-33(41)27-19-24(21-38-20-23(2)31(40)37-34(38)42)48-39(27)32-30-29(46-36(6,7)47-30)28(45-32)22-44-49(35(3,4)5,25-15-11-9-12-16-25)26-17-13-10-14-18-26/h9-18,20,24,27-30,32H,8,19,21-22H2,1-7H3,(H,37,40,42)/t24-,27-,28+,29+,30+,32+/m0/s1. The minimum atomic E-state index is -2.91. The maximum Gasteiger partial charge on any atom is 0.328 e. The van der Waals surface area contributed by atoms with E-state index >= 15 is 0 Å². The van der Waals surface area contributed by atoms with Crippen LogP contribution in [0.5, 0.6) is 0 Å². The summed E-state index contributed by atoms with van der Waals surface area (Å²) >= 11 is 0. The number of aromatic nitrogens is 2. The van der Waals surface area contributed by atoms with E-state index in [9.17, 15) is 14.4 Å². The molecular formula is C36H47N3O9Si. The fourth-order valence-corrected chi connectivity index (χ4v) is 11.9. The van der Waals surface area contributed by atoms with E-state index in [4.69, 9.17) is 28.2 Å². The van der Waals surface area contributed by atoms with Gasteiger partial charge in [0.25, 0.3) is 13.9 Å². The molecule has 4 heterocycles.